The first-order valence-electron chi connectivity index (χ1n) is 12.4. The standard InChI is InChI=1S/C32H19N5S/c1-3-10-20(11-4-1)29-34-30(21-12-5-2-6-13-21)36-32(35-29)37-26-16-8-7-14-22(26)24-18-25-23-15-9-17-33-31(23)38-28(25)19-27(24)37/h1-19H. The van der Waals surface area contributed by atoms with Crippen LogP contribution in [0.25, 0.3) is 70.8 Å². The van der Waals surface area contributed by atoms with E-state index >= 15 is 0 Å². The maximum Gasteiger partial charge on any atom is 0.238 e. The monoisotopic (exact) mass is 505 g/mol. The molecule has 0 spiro atoms. The molecule has 8 aromatic rings. The molecule has 4 aromatic heterocycles. The highest BCUT2D eigenvalue weighted by molar-refractivity contribution is 7.25. The normalized spacial score (nSPS) is 11.7. The summed E-state index contributed by atoms with van der Waals surface area (Å²) in [4.78, 5) is 20.6. The lowest BCUT2D eigenvalue weighted by Crippen LogP contribution is -2.06. The number of hydrogen-bond donors (Lipinski definition) is 0. The van der Waals surface area contributed by atoms with Crippen LogP contribution in [-0.2, 0) is 0 Å². The Morgan fingerprint density at radius 3 is 1.92 bits per heavy atom. The fourth-order valence-corrected chi connectivity index (χ4v) is 6.24. The second-order valence-electron chi connectivity index (χ2n) is 9.19. The number of para-hydroxylation sites is 1. The zero-order valence-corrected chi connectivity index (χ0v) is 20.9. The number of pyridine rings is 1. The second-order valence-corrected chi connectivity index (χ2v) is 10.2. The summed E-state index contributed by atoms with van der Waals surface area (Å²) in [5.74, 6) is 1.89. The van der Waals surface area contributed by atoms with Gasteiger partial charge in [-0.2, -0.15) is 9.97 Å². The summed E-state index contributed by atoms with van der Waals surface area (Å²) in [6.45, 7) is 0. The van der Waals surface area contributed by atoms with Crippen molar-refractivity contribution >= 4 is 53.4 Å². The van der Waals surface area contributed by atoms with Gasteiger partial charge in [0.25, 0.3) is 0 Å². The molecular formula is C32H19N5S. The van der Waals surface area contributed by atoms with Gasteiger partial charge >= 0.3 is 0 Å². The molecular weight excluding hydrogens is 486 g/mol. The Kier molecular flexibility index (Phi) is 4.62. The third kappa shape index (κ3) is 3.24. The van der Waals surface area contributed by atoms with Crippen LogP contribution >= 0.6 is 11.3 Å². The summed E-state index contributed by atoms with van der Waals surface area (Å²) < 4.78 is 3.36. The highest BCUT2D eigenvalue weighted by atomic mass is 32.1. The van der Waals surface area contributed by atoms with Crippen LogP contribution in [0.1, 0.15) is 0 Å². The smallest absolute Gasteiger partial charge is 0.238 e. The van der Waals surface area contributed by atoms with E-state index in [-0.39, 0.29) is 0 Å². The van der Waals surface area contributed by atoms with Crippen molar-refractivity contribution in [2.24, 2.45) is 0 Å². The van der Waals surface area contributed by atoms with Crippen LogP contribution in [0, 0.1) is 0 Å². The van der Waals surface area contributed by atoms with Crippen molar-refractivity contribution in [1.29, 1.82) is 0 Å². The Morgan fingerprint density at radius 1 is 0.526 bits per heavy atom. The predicted octanol–water partition coefficient (Wildman–Crippen LogP) is 8.07. The SMILES string of the molecule is c1ccc(-c2nc(-c3ccccc3)nc(-n3c4ccccc4c4cc5c(cc43)sc3ncccc35)n2)cc1. The van der Waals surface area contributed by atoms with Gasteiger partial charge in [0.1, 0.15) is 4.83 Å². The number of hydrogen-bond acceptors (Lipinski definition) is 5. The molecule has 0 unspecified atom stereocenters. The van der Waals surface area contributed by atoms with Crippen LogP contribution in [0.3, 0.4) is 0 Å². The molecule has 8 rings (SSSR count). The molecule has 0 fully saturated rings. The van der Waals surface area contributed by atoms with Crippen molar-refractivity contribution in [1.82, 2.24) is 24.5 Å². The van der Waals surface area contributed by atoms with Gasteiger partial charge in [-0.25, -0.2) is 9.97 Å². The van der Waals surface area contributed by atoms with E-state index in [4.69, 9.17) is 15.0 Å². The fraction of sp³-hybridized carbons (Fsp3) is 0. The molecule has 4 heterocycles. The Labute approximate surface area is 221 Å². The largest absolute Gasteiger partial charge is 0.278 e. The van der Waals surface area contributed by atoms with Crippen molar-refractivity contribution in [3.8, 4) is 28.7 Å². The maximum absolute atomic E-state index is 5.03. The van der Waals surface area contributed by atoms with E-state index in [1.54, 1.807) is 11.3 Å². The van der Waals surface area contributed by atoms with Crippen molar-refractivity contribution in [2.45, 2.75) is 0 Å². The molecule has 178 valence electrons. The topological polar surface area (TPSA) is 56.5 Å². The lowest BCUT2D eigenvalue weighted by atomic mass is 10.1. The van der Waals surface area contributed by atoms with Crippen molar-refractivity contribution in [2.75, 3.05) is 0 Å². The molecule has 5 nitrogen and oxygen atoms in total. The Bertz CT molecular complexity index is 2070. The molecule has 0 saturated carbocycles. The Balaban J connectivity index is 1.48. The number of nitrogens with zero attached hydrogens (tertiary/aromatic N) is 5. The molecule has 0 aliphatic rings. The van der Waals surface area contributed by atoms with E-state index in [9.17, 15) is 0 Å². The third-order valence-corrected chi connectivity index (χ3v) is 8.01. The van der Waals surface area contributed by atoms with Gasteiger partial charge in [-0.1, -0.05) is 78.9 Å². The third-order valence-electron chi connectivity index (χ3n) is 6.93. The Hall–Kier alpha value is -4.94. The number of thiophene rings is 1. The summed E-state index contributed by atoms with van der Waals surface area (Å²) in [5.41, 5.74) is 4.03. The summed E-state index contributed by atoms with van der Waals surface area (Å²) >= 11 is 1.71. The summed E-state index contributed by atoms with van der Waals surface area (Å²) in [5, 5.41) is 4.73. The molecule has 0 atom stereocenters. The quantitative estimate of drug-likeness (QED) is 0.244. The minimum absolute atomic E-state index is 0.600. The van der Waals surface area contributed by atoms with Crippen LogP contribution in [-0.4, -0.2) is 24.5 Å². The molecule has 0 amide bonds. The van der Waals surface area contributed by atoms with Crippen LogP contribution < -0.4 is 0 Å². The number of rotatable bonds is 3. The first-order chi connectivity index (χ1) is 18.8. The summed E-state index contributed by atoms with van der Waals surface area (Å²) in [6, 6.07) is 37.3. The van der Waals surface area contributed by atoms with Gasteiger partial charge in [-0.3, -0.25) is 4.57 Å². The van der Waals surface area contributed by atoms with E-state index in [0.29, 0.717) is 17.6 Å². The van der Waals surface area contributed by atoms with Gasteiger partial charge in [-0.15, -0.1) is 11.3 Å². The van der Waals surface area contributed by atoms with E-state index in [1.807, 2.05) is 72.9 Å². The van der Waals surface area contributed by atoms with E-state index in [2.05, 4.69) is 52.0 Å². The zero-order chi connectivity index (χ0) is 25.1. The van der Waals surface area contributed by atoms with Gasteiger partial charge in [0.15, 0.2) is 11.6 Å². The molecule has 0 radical (unpaired) electrons. The molecule has 6 heteroatoms. The first kappa shape index (κ1) is 21.2. The average Bonchev–Trinajstić information content (AvgIpc) is 3.51. The first-order valence-corrected chi connectivity index (χ1v) is 13.2. The lowest BCUT2D eigenvalue weighted by molar-refractivity contribution is 0.954. The Morgan fingerprint density at radius 2 is 1.18 bits per heavy atom. The van der Waals surface area contributed by atoms with E-state index < -0.39 is 0 Å². The lowest BCUT2D eigenvalue weighted by Gasteiger charge is -2.10. The van der Waals surface area contributed by atoms with Crippen LogP contribution in [0.15, 0.2) is 115 Å². The van der Waals surface area contributed by atoms with Crippen molar-refractivity contribution in [3.05, 3.63) is 115 Å². The number of benzene rings is 4. The minimum Gasteiger partial charge on any atom is -0.278 e. The fourth-order valence-electron chi connectivity index (χ4n) is 5.19. The molecule has 0 N–H and O–H groups in total. The van der Waals surface area contributed by atoms with Crippen molar-refractivity contribution in [3.63, 3.8) is 0 Å². The predicted molar refractivity (Wildman–Crippen MR) is 156 cm³/mol. The van der Waals surface area contributed by atoms with Gasteiger partial charge in [0.05, 0.1) is 11.0 Å². The molecule has 0 aliphatic carbocycles. The molecule has 38 heavy (non-hydrogen) atoms. The van der Waals surface area contributed by atoms with E-state index in [0.717, 1.165) is 32.4 Å². The number of aromatic nitrogens is 5. The van der Waals surface area contributed by atoms with Crippen LogP contribution in [0.4, 0.5) is 0 Å². The zero-order valence-electron chi connectivity index (χ0n) is 20.1. The highest BCUT2D eigenvalue weighted by Gasteiger charge is 2.19. The molecule has 0 aliphatic heterocycles. The van der Waals surface area contributed by atoms with Crippen molar-refractivity contribution < 1.29 is 0 Å². The van der Waals surface area contributed by atoms with Gasteiger partial charge in [0.2, 0.25) is 5.95 Å². The number of fused-ring (bicyclic) bond motifs is 6. The maximum atomic E-state index is 5.03. The summed E-state index contributed by atoms with van der Waals surface area (Å²) in [6.07, 6.45) is 1.86. The van der Waals surface area contributed by atoms with Gasteiger partial charge in [-0.05, 0) is 30.3 Å². The molecule has 4 aromatic carbocycles. The van der Waals surface area contributed by atoms with E-state index in [1.165, 1.54) is 20.9 Å². The van der Waals surface area contributed by atoms with Crippen LogP contribution in [0.2, 0.25) is 0 Å². The van der Waals surface area contributed by atoms with Gasteiger partial charge < -0.3 is 0 Å². The molecule has 0 bridgehead atoms. The van der Waals surface area contributed by atoms with Gasteiger partial charge in [0, 0.05) is 43.6 Å². The minimum atomic E-state index is 0.600. The second kappa shape index (κ2) is 8.30. The molecule has 0 saturated heterocycles. The van der Waals surface area contributed by atoms with Crippen LogP contribution in [0.5, 0.6) is 0 Å². The average molecular weight is 506 g/mol. The summed E-state index contributed by atoms with van der Waals surface area (Å²) in [7, 11) is 0. The highest BCUT2D eigenvalue weighted by Crippen LogP contribution is 2.39.